The number of nitrogens with zero attached hydrogens (tertiary/aromatic N) is 2. The number of carbonyl (C=O) groups excluding carboxylic acids is 3. The SMILES string of the molecule is CCNC(=O)NC1(C(=O)N2CCCC(N3CCNCC3=O)C2)CCCC1. The summed E-state index contributed by atoms with van der Waals surface area (Å²) >= 11 is 0. The third-order valence-corrected chi connectivity index (χ3v) is 5.81. The van der Waals surface area contributed by atoms with Crippen molar-refractivity contribution < 1.29 is 14.4 Å². The summed E-state index contributed by atoms with van der Waals surface area (Å²) < 4.78 is 0. The number of carbonyl (C=O) groups is 3. The average molecular weight is 365 g/mol. The quantitative estimate of drug-likeness (QED) is 0.656. The van der Waals surface area contributed by atoms with Crippen LogP contribution in [0.25, 0.3) is 0 Å². The minimum Gasteiger partial charge on any atom is -0.339 e. The standard InChI is InChI=1S/C18H31N5O3/c1-2-20-17(26)21-18(7-3-4-8-18)16(25)22-10-5-6-14(13-22)23-11-9-19-12-15(23)24/h14,19H,2-13H2,1H3,(H2,20,21,26). The lowest BCUT2D eigenvalue weighted by Crippen LogP contribution is -2.63. The Morgan fingerprint density at radius 1 is 1.23 bits per heavy atom. The molecule has 3 fully saturated rings. The molecular formula is C18H31N5O3. The van der Waals surface area contributed by atoms with Gasteiger partial charge < -0.3 is 25.8 Å². The first-order chi connectivity index (χ1) is 12.6. The second-order valence-corrected chi connectivity index (χ2v) is 7.58. The fourth-order valence-electron chi connectivity index (χ4n) is 4.50. The van der Waals surface area contributed by atoms with Gasteiger partial charge in [-0.25, -0.2) is 4.79 Å². The van der Waals surface area contributed by atoms with E-state index in [0.717, 1.165) is 32.2 Å². The highest BCUT2D eigenvalue weighted by Gasteiger charge is 2.46. The van der Waals surface area contributed by atoms with Crippen LogP contribution >= 0.6 is 0 Å². The van der Waals surface area contributed by atoms with E-state index in [1.165, 1.54) is 0 Å². The monoisotopic (exact) mass is 365 g/mol. The Hall–Kier alpha value is -1.83. The number of nitrogens with one attached hydrogen (secondary N) is 3. The van der Waals surface area contributed by atoms with Gasteiger partial charge >= 0.3 is 6.03 Å². The van der Waals surface area contributed by atoms with Crippen molar-refractivity contribution in [2.24, 2.45) is 0 Å². The first-order valence-electron chi connectivity index (χ1n) is 9.91. The van der Waals surface area contributed by atoms with Crippen LogP contribution in [0.4, 0.5) is 4.79 Å². The maximum absolute atomic E-state index is 13.3. The third kappa shape index (κ3) is 3.95. The largest absolute Gasteiger partial charge is 0.339 e. The van der Waals surface area contributed by atoms with E-state index in [1.54, 1.807) is 0 Å². The zero-order chi connectivity index (χ0) is 18.6. The van der Waals surface area contributed by atoms with Gasteiger partial charge in [-0.3, -0.25) is 9.59 Å². The molecule has 1 saturated carbocycles. The van der Waals surface area contributed by atoms with E-state index >= 15 is 0 Å². The number of likely N-dealkylation sites (tertiary alicyclic amines) is 1. The maximum atomic E-state index is 13.3. The van der Waals surface area contributed by atoms with Crippen LogP contribution in [0.3, 0.4) is 0 Å². The number of piperazine rings is 1. The molecule has 1 aliphatic carbocycles. The summed E-state index contributed by atoms with van der Waals surface area (Å²) in [5, 5.41) is 8.80. The van der Waals surface area contributed by atoms with E-state index in [4.69, 9.17) is 0 Å². The van der Waals surface area contributed by atoms with Crippen LogP contribution in [0.15, 0.2) is 0 Å². The number of piperidine rings is 1. The van der Waals surface area contributed by atoms with Gasteiger partial charge in [0.2, 0.25) is 11.8 Å². The molecule has 0 aromatic rings. The van der Waals surface area contributed by atoms with Crippen LogP contribution in [0.1, 0.15) is 45.4 Å². The molecule has 0 aromatic heterocycles. The molecule has 3 aliphatic rings. The Morgan fingerprint density at radius 3 is 2.69 bits per heavy atom. The van der Waals surface area contributed by atoms with Crippen molar-refractivity contribution in [2.45, 2.75) is 57.0 Å². The molecule has 26 heavy (non-hydrogen) atoms. The predicted molar refractivity (Wildman–Crippen MR) is 97.6 cm³/mol. The molecule has 2 heterocycles. The van der Waals surface area contributed by atoms with E-state index in [-0.39, 0.29) is 23.9 Å². The molecule has 2 aliphatic heterocycles. The van der Waals surface area contributed by atoms with Gasteiger partial charge in [-0.1, -0.05) is 12.8 Å². The van der Waals surface area contributed by atoms with Gasteiger partial charge in [-0.2, -0.15) is 0 Å². The second kappa shape index (κ2) is 8.24. The molecule has 0 spiro atoms. The fourth-order valence-corrected chi connectivity index (χ4v) is 4.50. The minimum atomic E-state index is -0.783. The lowest BCUT2D eigenvalue weighted by Gasteiger charge is -2.43. The molecule has 1 atom stereocenters. The van der Waals surface area contributed by atoms with Crippen LogP contribution in [0.2, 0.25) is 0 Å². The Balaban J connectivity index is 1.68. The van der Waals surface area contributed by atoms with Crippen molar-refractivity contribution in [1.29, 1.82) is 0 Å². The molecule has 8 heteroatoms. The van der Waals surface area contributed by atoms with Gasteiger partial charge in [-0.15, -0.1) is 0 Å². The summed E-state index contributed by atoms with van der Waals surface area (Å²) in [6.07, 6.45) is 5.11. The first-order valence-corrected chi connectivity index (χ1v) is 9.91. The van der Waals surface area contributed by atoms with Gasteiger partial charge in [0.25, 0.3) is 0 Å². The van der Waals surface area contributed by atoms with Crippen molar-refractivity contribution in [1.82, 2.24) is 25.8 Å². The highest BCUT2D eigenvalue weighted by Crippen LogP contribution is 2.33. The smallest absolute Gasteiger partial charge is 0.315 e. The van der Waals surface area contributed by atoms with Crippen molar-refractivity contribution in [3.8, 4) is 0 Å². The number of hydrogen-bond acceptors (Lipinski definition) is 4. The van der Waals surface area contributed by atoms with E-state index in [2.05, 4.69) is 16.0 Å². The molecule has 0 radical (unpaired) electrons. The van der Waals surface area contributed by atoms with Crippen LogP contribution < -0.4 is 16.0 Å². The summed E-state index contributed by atoms with van der Waals surface area (Å²) in [6, 6.07) is -0.182. The van der Waals surface area contributed by atoms with Crippen LogP contribution in [-0.2, 0) is 9.59 Å². The van der Waals surface area contributed by atoms with Crippen molar-refractivity contribution in [3.63, 3.8) is 0 Å². The van der Waals surface area contributed by atoms with Gasteiger partial charge in [0.15, 0.2) is 0 Å². The summed E-state index contributed by atoms with van der Waals surface area (Å²) in [7, 11) is 0. The summed E-state index contributed by atoms with van der Waals surface area (Å²) in [6.45, 7) is 5.56. The molecule has 2 saturated heterocycles. The molecule has 0 aromatic carbocycles. The third-order valence-electron chi connectivity index (χ3n) is 5.81. The van der Waals surface area contributed by atoms with Gasteiger partial charge in [0.1, 0.15) is 5.54 Å². The van der Waals surface area contributed by atoms with E-state index < -0.39 is 5.54 Å². The van der Waals surface area contributed by atoms with Crippen molar-refractivity contribution in [2.75, 3.05) is 39.3 Å². The van der Waals surface area contributed by atoms with E-state index in [9.17, 15) is 14.4 Å². The highest BCUT2D eigenvalue weighted by molar-refractivity contribution is 5.91. The Labute approximate surface area is 155 Å². The predicted octanol–water partition coefficient (Wildman–Crippen LogP) is 0.0411. The zero-order valence-electron chi connectivity index (χ0n) is 15.7. The molecule has 8 nitrogen and oxygen atoms in total. The van der Waals surface area contributed by atoms with E-state index in [1.807, 2.05) is 16.7 Å². The number of hydrogen-bond donors (Lipinski definition) is 3. The maximum Gasteiger partial charge on any atom is 0.315 e. The zero-order valence-corrected chi connectivity index (χ0v) is 15.7. The number of rotatable bonds is 4. The van der Waals surface area contributed by atoms with Crippen LogP contribution in [0, 0.1) is 0 Å². The minimum absolute atomic E-state index is 0.0218. The molecular weight excluding hydrogens is 334 g/mol. The Bertz CT molecular complexity index is 547. The van der Waals surface area contributed by atoms with Gasteiger partial charge in [0.05, 0.1) is 6.54 Å². The first kappa shape index (κ1) is 18.9. The molecule has 4 amide bonds. The lowest BCUT2D eigenvalue weighted by atomic mass is 9.93. The normalized spacial score (nSPS) is 25.9. The molecule has 1 unspecified atom stereocenters. The summed E-state index contributed by atoms with van der Waals surface area (Å²) in [5.41, 5.74) is -0.783. The fraction of sp³-hybridized carbons (Fsp3) is 0.833. The Morgan fingerprint density at radius 2 is 2.00 bits per heavy atom. The van der Waals surface area contributed by atoms with Crippen LogP contribution in [-0.4, -0.2) is 78.5 Å². The van der Waals surface area contributed by atoms with Gasteiger partial charge in [-0.05, 0) is 32.6 Å². The Kier molecular flexibility index (Phi) is 6.01. The molecule has 3 N–H and O–H groups in total. The second-order valence-electron chi connectivity index (χ2n) is 7.58. The van der Waals surface area contributed by atoms with Gasteiger partial charge in [0, 0.05) is 38.8 Å². The number of urea groups is 1. The lowest BCUT2D eigenvalue weighted by molar-refractivity contribution is -0.144. The number of amides is 4. The van der Waals surface area contributed by atoms with Crippen molar-refractivity contribution >= 4 is 17.8 Å². The summed E-state index contributed by atoms with van der Waals surface area (Å²) in [4.78, 5) is 41.4. The summed E-state index contributed by atoms with van der Waals surface area (Å²) in [5.74, 6) is 0.139. The van der Waals surface area contributed by atoms with E-state index in [0.29, 0.717) is 45.6 Å². The molecule has 146 valence electrons. The molecule has 0 bridgehead atoms. The highest BCUT2D eigenvalue weighted by atomic mass is 16.2. The van der Waals surface area contributed by atoms with Crippen LogP contribution in [0.5, 0.6) is 0 Å². The van der Waals surface area contributed by atoms with Crippen molar-refractivity contribution in [3.05, 3.63) is 0 Å². The average Bonchev–Trinajstić information content (AvgIpc) is 3.11. The molecule has 3 rings (SSSR count). The topological polar surface area (TPSA) is 93.8 Å².